The molecule has 0 bridgehead atoms. The molecule has 0 aromatic heterocycles. The Morgan fingerprint density at radius 3 is 2.59 bits per heavy atom. The minimum Gasteiger partial charge on any atom is -0.506 e. The van der Waals surface area contributed by atoms with Crippen LogP contribution in [0.4, 0.5) is 10.5 Å². The Bertz CT molecular complexity index is 945. The van der Waals surface area contributed by atoms with Gasteiger partial charge in [0.1, 0.15) is 5.75 Å². The highest BCUT2D eigenvalue weighted by atomic mass is 79.9. The summed E-state index contributed by atoms with van der Waals surface area (Å²) in [6.07, 6.45) is 1.59. The fourth-order valence-electron chi connectivity index (χ4n) is 2.43. The summed E-state index contributed by atoms with van der Waals surface area (Å²) in [5, 5.41) is 11.8. The van der Waals surface area contributed by atoms with Gasteiger partial charge in [-0.1, -0.05) is 46.3 Å². The van der Waals surface area contributed by atoms with Gasteiger partial charge in [0.25, 0.3) is 11.1 Å². The standard InChI is InChI=1S/C19H15BrN2O4S/c20-13-6-2-1-5-12(13)11-16-18(25)22(19(26)27-16)10-9-17(24)21-14-7-3-4-8-15(14)23/h1-8,11,23H,9-10H2,(H,21,24)/b16-11-. The molecule has 0 aliphatic carbocycles. The lowest BCUT2D eigenvalue weighted by Crippen LogP contribution is -2.31. The van der Waals surface area contributed by atoms with Gasteiger partial charge in [0.2, 0.25) is 5.91 Å². The van der Waals surface area contributed by atoms with Crippen molar-refractivity contribution in [3.63, 3.8) is 0 Å². The van der Waals surface area contributed by atoms with E-state index in [1.165, 1.54) is 6.07 Å². The second-order valence-electron chi connectivity index (χ2n) is 5.67. The number of rotatable bonds is 5. The summed E-state index contributed by atoms with van der Waals surface area (Å²) >= 11 is 4.25. The molecule has 3 rings (SSSR count). The third-order valence-electron chi connectivity index (χ3n) is 3.81. The normalized spacial score (nSPS) is 15.4. The molecule has 2 N–H and O–H groups in total. The fourth-order valence-corrected chi connectivity index (χ4v) is 3.69. The molecule has 3 amide bonds. The predicted molar refractivity (Wildman–Crippen MR) is 108 cm³/mol. The molecule has 6 nitrogen and oxygen atoms in total. The lowest BCUT2D eigenvalue weighted by Gasteiger charge is -2.12. The monoisotopic (exact) mass is 446 g/mol. The maximum absolute atomic E-state index is 12.5. The van der Waals surface area contributed by atoms with Crippen molar-refractivity contribution in [3.05, 3.63) is 63.5 Å². The number of nitrogens with zero attached hydrogens (tertiary/aromatic N) is 1. The number of carbonyl (C=O) groups is 3. The number of phenols is 1. The molecule has 138 valence electrons. The molecule has 1 fully saturated rings. The van der Waals surface area contributed by atoms with Crippen LogP contribution >= 0.6 is 27.7 Å². The summed E-state index contributed by atoms with van der Waals surface area (Å²) in [6, 6.07) is 13.7. The third kappa shape index (κ3) is 4.58. The first-order valence-electron chi connectivity index (χ1n) is 8.03. The van der Waals surface area contributed by atoms with Gasteiger partial charge in [-0.05, 0) is 41.6 Å². The first-order valence-corrected chi connectivity index (χ1v) is 9.64. The number of hydrogen-bond donors (Lipinski definition) is 2. The van der Waals surface area contributed by atoms with Gasteiger partial charge in [0, 0.05) is 17.4 Å². The van der Waals surface area contributed by atoms with Crippen LogP contribution in [0, 0.1) is 0 Å². The molecule has 0 radical (unpaired) electrons. The van der Waals surface area contributed by atoms with Crippen LogP contribution in [0.25, 0.3) is 6.08 Å². The van der Waals surface area contributed by atoms with Gasteiger partial charge >= 0.3 is 0 Å². The van der Waals surface area contributed by atoms with E-state index in [0.717, 1.165) is 26.7 Å². The number of phenolic OH excluding ortho intramolecular Hbond substituents is 1. The Labute approximate surface area is 168 Å². The van der Waals surface area contributed by atoms with Crippen molar-refractivity contribution in [2.75, 3.05) is 11.9 Å². The number of benzene rings is 2. The van der Waals surface area contributed by atoms with E-state index in [9.17, 15) is 19.5 Å². The second-order valence-corrected chi connectivity index (χ2v) is 7.52. The van der Waals surface area contributed by atoms with Gasteiger partial charge < -0.3 is 10.4 Å². The van der Waals surface area contributed by atoms with Crippen molar-refractivity contribution in [2.24, 2.45) is 0 Å². The van der Waals surface area contributed by atoms with Crippen molar-refractivity contribution in [2.45, 2.75) is 6.42 Å². The highest BCUT2D eigenvalue weighted by molar-refractivity contribution is 9.10. The van der Waals surface area contributed by atoms with Gasteiger partial charge in [-0.3, -0.25) is 19.3 Å². The van der Waals surface area contributed by atoms with E-state index in [-0.39, 0.29) is 24.4 Å². The molecule has 1 aliphatic rings. The second kappa shape index (κ2) is 8.41. The highest BCUT2D eigenvalue weighted by Crippen LogP contribution is 2.33. The summed E-state index contributed by atoms with van der Waals surface area (Å²) in [6.45, 7) is -0.0304. The molecule has 0 unspecified atom stereocenters. The first-order chi connectivity index (χ1) is 13.0. The topological polar surface area (TPSA) is 86.7 Å². The number of aromatic hydroxyl groups is 1. The summed E-state index contributed by atoms with van der Waals surface area (Å²) in [7, 11) is 0. The Hall–Kier alpha value is -2.58. The van der Waals surface area contributed by atoms with Crippen LogP contribution in [-0.2, 0) is 9.59 Å². The average Bonchev–Trinajstić information content (AvgIpc) is 2.90. The molecule has 1 heterocycles. The largest absolute Gasteiger partial charge is 0.506 e. The molecule has 0 atom stereocenters. The van der Waals surface area contributed by atoms with Crippen LogP contribution < -0.4 is 5.32 Å². The van der Waals surface area contributed by atoms with E-state index in [0.29, 0.717) is 4.91 Å². The number of carbonyl (C=O) groups excluding carboxylic acids is 3. The molecule has 2 aromatic carbocycles. The Balaban J connectivity index is 1.63. The molecule has 27 heavy (non-hydrogen) atoms. The smallest absolute Gasteiger partial charge is 0.293 e. The maximum Gasteiger partial charge on any atom is 0.293 e. The van der Waals surface area contributed by atoms with Crippen LogP contribution in [0.1, 0.15) is 12.0 Å². The quantitative estimate of drug-likeness (QED) is 0.530. The lowest BCUT2D eigenvalue weighted by atomic mass is 10.2. The fraction of sp³-hybridized carbons (Fsp3) is 0.105. The molecule has 8 heteroatoms. The molecule has 1 saturated heterocycles. The van der Waals surface area contributed by atoms with Crippen LogP contribution in [0.3, 0.4) is 0 Å². The number of amides is 3. The Kier molecular flexibility index (Phi) is 5.98. The zero-order valence-corrected chi connectivity index (χ0v) is 16.4. The molecule has 1 aliphatic heterocycles. The van der Waals surface area contributed by atoms with E-state index >= 15 is 0 Å². The SMILES string of the molecule is O=C(CCN1C(=O)S/C(=C\c2ccccc2Br)C1=O)Nc1ccccc1O. The van der Waals surface area contributed by atoms with Crippen molar-refractivity contribution in [1.29, 1.82) is 0 Å². The number of nitrogens with one attached hydrogen (secondary N) is 1. The third-order valence-corrected chi connectivity index (χ3v) is 5.44. The highest BCUT2D eigenvalue weighted by Gasteiger charge is 2.35. The number of para-hydroxylation sites is 2. The average molecular weight is 447 g/mol. The number of anilines is 1. The summed E-state index contributed by atoms with van der Waals surface area (Å²) in [5.74, 6) is -0.866. The Morgan fingerprint density at radius 1 is 1.15 bits per heavy atom. The molecule has 0 saturated carbocycles. The predicted octanol–water partition coefficient (Wildman–Crippen LogP) is 4.22. The van der Waals surface area contributed by atoms with Gasteiger partial charge in [-0.15, -0.1) is 0 Å². The molecular weight excluding hydrogens is 432 g/mol. The Morgan fingerprint density at radius 2 is 1.85 bits per heavy atom. The first kappa shape index (κ1) is 19.2. The van der Waals surface area contributed by atoms with E-state index in [2.05, 4.69) is 21.2 Å². The maximum atomic E-state index is 12.5. The zero-order chi connectivity index (χ0) is 19.4. The number of hydrogen-bond acceptors (Lipinski definition) is 5. The number of thioether (sulfide) groups is 1. The molecular formula is C19H15BrN2O4S. The van der Waals surface area contributed by atoms with Crippen molar-refractivity contribution >= 4 is 56.5 Å². The van der Waals surface area contributed by atoms with Crippen LogP contribution in [0.15, 0.2) is 57.9 Å². The molecule has 0 spiro atoms. The van der Waals surface area contributed by atoms with Gasteiger partial charge in [0.05, 0.1) is 10.6 Å². The number of imide groups is 1. The zero-order valence-electron chi connectivity index (χ0n) is 14.0. The van der Waals surface area contributed by atoms with E-state index in [4.69, 9.17) is 0 Å². The van der Waals surface area contributed by atoms with E-state index in [1.807, 2.05) is 24.3 Å². The minimum atomic E-state index is -0.420. The summed E-state index contributed by atoms with van der Waals surface area (Å²) < 4.78 is 0.818. The van der Waals surface area contributed by atoms with E-state index in [1.54, 1.807) is 24.3 Å². The van der Waals surface area contributed by atoms with Crippen LogP contribution in [0.5, 0.6) is 5.75 Å². The number of halogens is 1. The van der Waals surface area contributed by atoms with Crippen molar-refractivity contribution in [3.8, 4) is 5.75 Å². The van der Waals surface area contributed by atoms with Crippen LogP contribution in [-0.4, -0.2) is 33.6 Å². The summed E-state index contributed by atoms with van der Waals surface area (Å²) in [4.78, 5) is 38.0. The van der Waals surface area contributed by atoms with Gasteiger partial charge in [-0.2, -0.15) is 0 Å². The van der Waals surface area contributed by atoms with Gasteiger partial charge in [-0.25, -0.2) is 0 Å². The minimum absolute atomic E-state index is 0.0304. The van der Waals surface area contributed by atoms with Crippen molar-refractivity contribution in [1.82, 2.24) is 4.90 Å². The van der Waals surface area contributed by atoms with Crippen LogP contribution in [0.2, 0.25) is 0 Å². The molecule has 2 aromatic rings. The lowest BCUT2D eigenvalue weighted by molar-refractivity contribution is -0.123. The van der Waals surface area contributed by atoms with Crippen molar-refractivity contribution < 1.29 is 19.5 Å². The van der Waals surface area contributed by atoms with Gasteiger partial charge in [0.15, 0.2) is 0 Å². The summed E-state index contributed by atoms with van der Waals surface area (Å²) in [5.41, 5.74) is 1.07. The van der Waals surface area contributed by atoms with E-state index < -0.39 is 17.1 Å².